The van der Waals surface area contributed by atoms with Gasteiger partial charge in [0.1, 0.15) is 12.1 Å². The second-order valence-corrected chi connectivity index (χ2v) is 5.53. The minimum absolute atomic E-state index is 0.602. The van der Waals surface area contributed by atoms with Crippen molar-refractivity contribution in [1.82, 2.24) is 14.3 Å². The number of aromatic nitrogens is 2. The van der Waals surface area contributed by atoms with Gasteiger partial charge in [-0.05, 0) is 38.1 Å². The van der Waals surface area contributed by atoms with Crippen LogP contribution in [0.1, 0.15) is 42.4 Å². The number of aldehydes is 1. The Morgan fingerprint density at radius 3 is 3.15 bits per heavy atom. The summed E-state index contributed by atoms with van der Waals surface area (Å²) in [6, 6.07) is 4.34. The van der Waals surface area contributed by atoms with E-state index in [1.807, 2.05) is 24.5 Å². The summed E-state index contributed by atoms with van der Waals surface area (Å²) in [5.41, 5.74) is 1.71. The number of pyridine rings is 1. The van der Waals surface area contributed by atoms with E-state index in [9.17, 15) is 4.79 Å². The molecule has 0 saturated carbocycles. The molecule has 106 valence electrons. The normalized spacial score (nSPS) is 20.4. The standard InChI is InChI=1S/C16H21N3O/c1-2-18-7-4-3-5-14(18)10-16-17-11-15-9-13(12-20)6-8-19(15)16/h6,8-9,11-12,14H,2-5,7,10H2,1H3. The zero-order valence-corrected chi connectivity index (χ0v) is 12.0. The molecule has 1 saturated heterocycles. The molecule has 0 radical (unpaired) electrons. The Balaban J connectivity index is 1.85. The maximum Gasteiger partial charge on any atom is 0.150 e. The van der Waals surface area contributed by atoms with E-state index >= 15 is 0 Å². The Kier molecular flexibility index (Phi) is 3.83. The van der Waals surface area contributed by atoms with E-state index in [0.717, 1.165) is 30.6 Å². The number of piperidine rings is 1. The zero-order valence-electron chi connectivity index (χ0n) is 12.0. The van der Waals surface area contributed by atoms with Crippen molar-refractivity contribution in [3.8, 4) is 0 Å². The number of carbonyl (C=O) groups is 1. The van der Waals surface area contributed by atoms with E-state index in [-0.39, 0.29) is 0 Å². The highest BCUT2D eigenvalue weighted by Crippen LogP contribution is 2.20. The van der Waals surface area contributed by atoms with Crippen LogP contribution in [0, 0.1) is 0 Å². The molecule has 0 spiro atoms. The van der Waals surface area contributed by atoms with Crippen molar-refractivity contribution in [2.24, 2.45) is 0 Å². The Labute approximate surface area is 119 Å². The highest BCUT2D eigenvalue weighted by atomic mass is 16.1. The summed E-state index contributed by atoms with van der Waals surface area (Å²) in [7, 11) is 0. The molecule has 4 heteroatoms. The summed E-state index contributed by atoms with van der Waals surface area (Å²) in [5, 5.41) is 0. The lowest BCUT2D eigenvalue weighted by Gasteiger charge is -2.34. The van der Waals surface area contributed by atoms with Gasteiger partial charge in [0.15, 0.2) is 0 Å². The molecule has 2 aromatic heterocycles. The highest BCUT2D eigenvalue weighted by molar-refractivity contribution is 5.77. The Bertz CT molecular complexity index is 605. The molecule has 2 aromatic rings. The van der Waals surface area contributed by atoms with Crippen LogP contribution in [0.2, 0.25) is 0 Å². The van der Waals surface area contributed by atoms with Crippen molar-refractivity contribution < 1.29 is 4.79 Å². The maximum absolute atomic E-state index is 10.8. The van der Waals surface area contributed by atoms with Crippen LogP contribution in [0.5, 0.6) is 0 Å². The van der Waals surface area contributed by atoms with E-state index in [0.29, 0.717) is 11.6 Å². The number of carbonyl (C=O) groups excluding carboxylic acids is 1. The van der Waals surface area contributed by atoms with E-state index in [1.165, 1.54) is 25.8 Å². The van der Waals surface area contributed by atoms with Crippen LogP contribution >= 0.6 is 0 Å². The molecule has 4 nitrogen and oxygen atoms in total. The van der Waals surface area contributed by atoms with E-state index in [1.54, 1.807) is 0 Å². The number of rotatable bonds is 4. The second-order valence-electron chi connectivity index (χ2n) is 5.53. The molecule has 0 aromatic carbocycles. The molecular weight excluding hydrogens is 250 g/mol. The lowest BCUT2D eigenvalue weighted by Crippen LogP contribution is -2.40. The molecule has 0 amide bonds. The number of hydrogen-bond donors (Lipinski definition) is 0. The van der Waals surface area contributed by atoms with Crippen LogP contribution in [0.25, 0.3) is 5.52 Å². The maximum atomic E-state index is 10.8. The van der Waals surface area contributed by atoms with Crippen molar-refractivity contribution in [1.29, 1.82) is 0 Å². The molecule has 0 N–H and O–H groups in total. The smallest absolute Gasteiger partial charge is 0.150 e. The number of fused-ring (bicyclic) bond motifs is 1. The SMILES string of the molecule is CCN1CCCCC1Cc1ncc2cc(C=O)ccn12. The van der Waals surface area contributed by atoms with Crippen molar-refractivity contribution in [2.45, 2.75) is 38.6 Å². The first-order chi connectivity index (χ1) is 9.81. The van der Waals surface area contributed by atoms with Crippen LogP contribution in [0.4, 0.5) is 0 Å². The molecule has 1 unspecified atom stereocenters. The van der Waals surface area contributed by atoms with Gasteiger partial charge in [0.2, 0.25) is 0 Å². The quantitative estimate of drug-likeness (QED) is 0.802. The second kappa shape index (κ2) is 5.75. The predicted octanol–water partition coefficient (Wildman–Crippen LogP) is 2.56. The molecule has 0 bridgehead atoms. The first-order valence-corrected chi connectivity index (χ1v) is 7.47. The van der Waals surface area contributed by atoms with Crippen LogP contribution in [0.3, 0.4) is 0 Å². The summed E-state index contributed by atoms with van der Waals surface area (Å²) in [6.07, 6.45) is 9.58. The molecule has 3 rings (SSSR count). The molecule has 1 aliphatic rings. The zero-order chi connectivity index (χ0) is 13.9. The fourth-order valence-corrected chi connectivity index (χ4v) is 3.22. The third-order valence-corrected chi connectivity index (χ3v) is 4.34. The van der Waals surface area contributed by atoms with Gasteiger partial charge in [0.05, 0.1) is 11.7 Å². The molecule has 3 heterocycles. The molecule has 1 fully saturated rings. The monoisotopic (exact) mass is 271 g/mol. The molecule has 20 heavy (non-hydrogen) atoms. The molecule has 1 aliphatic heterocycles. The fraction of sp³-hybridized carbons (Fsp3) is 0.500. The summed E-state index contributed by atoms with van der Waals surface area (Å²) in [4.78, 5) is 17.9. The van der Waals surface area contributed by atoms with Gasteiger partial charge in [0, 0.05) is 24.2 Å². The van der Waals surface area contributed by atoms with Gasteiger partial charge in [-0.15, -0.1) is 0 Å². The lowest BCUT2D eigenvalue weighted by atomic mass is 9.99. The lowest BCUT2D eigenvalue weighted by molar-refractivity contribution is 0.112. The summed E-state index contributed by atoms with van der Waals surface area (Å²) >= 11 is 0. The topological polar surface area (TPSA) is 37.6 Å². The van der Waals surface area contributed by atoms with Gasteiger partial charge in [-0.3, -0.25) is 4.79 Å². The van der Waals surface area contributed by atoms with Gasteiger partial charge in [-0.25, -0.2) is 4.98 Å². The molecule has 0 aliphatic carbocycles. The van der Waals surface area contributed by atoms with E-state index < -0.39 is 0 Å². The van der Waals surface area contributed by atoms with Gasteiger partial charge in [-0.2, -0.15) is 0 Å². The van der Waals surface area contributed by atoms with Gasteiger partial charge in [0.25, 0.3) is 0 Å². The number of likely N-dealkylation sites (N-methyl/N-ethyl adjacent to an activating group) is 1. The van der Waals surface area contributed by atoms with Crippen molar-refractivity contribution in [2.75, 3.05) is 13.1 Å². The van der Waals surface area contributed by atoms with Crippen molar-refractivity contribution >= 4 is 11.8 Å². The Morgan fingerprint density at radius 2 is 2.35 bits per heavy atom. The largest absolute Gasteiger partial charge is 0.304 e. The average Bonchev–Trinajstić information content (AvgIpc) is 2.90. The third kappa shape index (κ3) is 2.48. The van der Waals surface area contributed by atoms with E-state index in [4.69, 9.17) is 0 Å². The Hall–Kier alpha value is -1.68. The van der Waals surface area contributed by atoms with Crippen molar-refractivity contribution in [3.05, 3.63) is 35.9 Å². The third-order valence-electron chi connectivity index (χ3n) is 4.34. The summed E-state index contributed by atoms with van der Waals surface area (Å²) in [6.45, 7) is 4.56. The first-order valence-electron chi connectivity index (χ1n) is 7.47. The minimum atomic E-state index is 0.602. The van der Waals surface area contributed by atoms with Crippen LogP contribution in [-0.2, 0) is 6.42 Å². The molecular formula is C16H21N3O. The number of imidazole rings is 1. The van der Waals surface area contributed by atoms with E-state index in [2.05, 4.69) is 21.2 Å². The number of nitrogens with zero attached hydrogens (tertiary/aromatic N) is 3. The van der Waals surface area contributed by atoms with Crippen LogP contribution < -0.4 is 0 Å². The number of hydrogen-bond acceptors (Lipinski definition) is 3. The summed E-state index contributed by atoms with van der Waals surface area (Å²) in [5.74, 6) is 1.10. The fourth-order valence-electron chi connectivity index (χ4n) is 3.22. The predicted molar refractivity (Wildman–Crippen MR) is 79.2 cm³/mol. The Morgan fingerprint density at radius 1 is 1.45 bits per heavy atom. The average molecular weight is 271 g/mol. The van der Waals surface area contributed by atoms with Crippen LogP contribution in [0.15, 0.2) is 24.5 Å². The van der Waals surface area contributed by atoms with Crippen molar-refractivity contribution in [3.63, 3.8) is 0 Å². The highest BCUT2D eigenvalue weighted by Gasteiger charge is 2.22. The van der Waals surface area contributed by atoms with Gasteiger partial charge < -0.3 is 9.30 Å². The first kappa shape index (κ1) is 13.3. The van der Waals surface area contributed by atoms with Crippen LogP contribution in [-0.4, -0.2) is 39.7 Å². The summed E-state index contributed by atoms with van der Waals surface area (Å²) < 4.78 is 2.11. The number of likely N-dealkylation sites (tertiary alicyclic amines) is 1. The minimum Gasteiger partial charge on any atom is -0.304 e. The van der Waals surface area contributed by atoms with Gasteiger partial charge in [-0.1, -0.05) is 13.3 Å². The molecule has 1 atom stereocenters. The van der Waals surface area contributed by atoms with Gasteiger partial charge >= 0.3 is 0 Å².